The van der Waals surface area contributed by atoms with Crippen LogP contribution in [0.25, 0.3) is 0 Å². The SMILES string of the molecule is O=[N+]([O-])c1ccccc1SNc1nc(OCc2ccc(Cl)c(Cl)c2)ncc1F. The Morgan fingerprint density at radius 1 is 1.21 bits per heavy atom. The number of anilines is 1. The van der Waals surface area contributed by atoms with Crippen molar-refractivity contribution >= 4 is 46.7 Å². The first kappa shape index (κ1) is 20.1. The number of halogens is 3. The van der Waals surface area contributed by atoms with Crippen molar-refractivity contribution in [2.45, 2.75) is 11.5 Å². The second-order valence-corrected chi connectivity index (χ2v) is 6.98. The molecule has 1 heterocycles. The fourth-order valence-electron chi connectivity index (χ4n) is 2.07. The summed E-state index contributed by atoms with van der Waals surface area (Å²) in [6.07, 6.45) is 0.944. The maximum Gasteiger partial charge on any atom is 0.318 e. The Bertz CT molecular complexity index is 1030. The summed E-state index contributed by atoms with van der Waals surface area (Å²) in [4.78, 5) is 18.6. The van der Waals surface area contributed by atoms with Crippen LogP contribution in [-0.4, -0.2) is 14.9 Å². The number of hydrogen-bond donors (Lipinski definition) is 1. The molecule has 0 unspecified atom stereocenters. The molecule has 1 aromatic heterocycles. The minimum atomic E-state index is -0.729. The van der Waals surface area contributed by atoms with Crippen LogP contribution in [0.15, 0.2) is 53.6 Å². The minimum absolute atomic E-state index is 0.0712. The van der Waals surface area contributed by atoms with Gasteiger partial charge in [0, 0.05) is 6.07 Å². The molecule has 0 saturated heterocycles. The van der Waals surface area contributed by atoms with Gasteiger partial charge in [-0.3, -0.25) is 10.1 Å². The van der Waals surface area contributed by atoms with E-state index in [1.807, 2.05) is 0 Å². The predicted molar refractivity (Wildman–Crippen MR) is 105 cm³/mol. The van der Waals surface area contributed by atoms with E-state index >= 15 is 0 Å². The van der Waals surface area contributed by atoms with Gasteiger partial charge in [-0.1, -0.05) is 41.4 Å². The summed E-state index contributed by atoms with van der Waals surface area (Å²) in [5.41, 5.74) is 0.622. The molecule has 0 aliphatic rings. The van der Waals surface area contributed by atoms with Gasteiger partial charge in [0.25, 0.3) is 5.69 Å². The fourth-order valence-corrected chi connectivity index (χ4v) is 3.13. The topological polar surface area (TPSA) is 90.2 Å². The molecule has 0 bridgehead atoms. The van der Waals surface area contributed by atoms with Crippen molar-refractivity contribution in [3.63, 3.8) is 0 Å². The molecular weight excluding hydrogens is 430 g/mol. The highest BCUT2D eigenvalue weighted by Crippen LogP contribution is 2.30. The summed E-state index contributed by atoms with van der Waals surface area (Å²) < 4.78 is 22.1. The zero-order valence-corrected chi connectivity index (χ0v) is 16.3. The minimum Gasteiger partial charge on any atom is -0.459 e. The van der Waals surface area contributed by atoms with E-state index in [1.54, 1.807) is 30.3 Å². The molecule has 3 aromatic rings. The molecule has 7 nitrogen and oxygen atoms in total. The summed E-state index contributed by atoms with van der Waals surface area (Å²) in [5, 5.41) is 11.8. The second kappa shape index (κ2) is 9.05. The van der Waals surface area contributed by atoms with Crippen LogP contribution in [-0.2, 0) is 6.61 Å². The van der Waals surface area contributed by atoms with Crippen molar-refractivity contribution < 1.29 is 14.1 Å². The number of nitrogens with one attached hydrogen (secondary N) is 1. The molecule has 0 aliphatic carbocycles. The summed E-state index contributed by atoms with van der Waals surface area (Å²) in [7, 11) is 0. The highest BCUT2D eigenvalue weighted by atomic mass is 35.5. The highest BCUT2D eigenvalue weighted by Gasteiger charge is 2.15. The van der Waals surface area contributed by atoms with Gasteiger partial charge in [-0.15, -0.1) is 0 Å². The van der Waals surface area contributed by atoms with Crippen molar-refractivity contribution in [2.75, 3.05) is 4.72 Å². The third-order valence-electron chi connectivity index (χ3n) is 3.39. The van der Waals surface area contributed by atoms with Crippen molar-refractivity contribution in [3.05, 3.63) is 80.2 Å². The number of ether oxygens (including phenoxy) is 1. The van der Waals surface area contributed by atoms with Crippen molar-refractivity contribution in [1.29, 1.82) is 0 Å². The number of nitrogens with zero attached hydrogens (tertiary/aromatic N) is 3. The van der Waals surface area contributed by atoms with E-state index in [2.05, 4.69) is 14.7 Å². The smallest absolute Gasteiger partial charge is 0.318 e. The normalized spacial score (nSPS) is 10.5. The molecule has 28 heavy (non-hydrogen) atoms. The van der Waals surface area contributed by atoms with Gasteiger partial charge < -0.3 is 9.46 Å². The zero-order chi connectivity index (χ0) is 20.1. The molecule has 2 aromatic carbocycles. The van der Waals surface area contributed by atoms with E-state index in [4.69, 9.17) is 27.9 Å². The van der Waals surface area contributed by atoms with Crippen LogP contribution in [0.1, 0.15) is 5.56 Å². The molecule has 0 fully saturated rings. The molecule has 0 atom stereocenters. The zero-order valence-electron chi connectivity index (χ0n) is 13.9. The fraction of sp³-hybridized carbons (Fsp3) is 0.0588. The van der Waals surface area contributed by atoms with Gasteiger partial charge in [-0.2, -0.15) is 4.98 Å². The lowest BCUT2D eigenvalue weighted by molar-refractivity contribution is -0.387. The van der Waals surface area contributed by atoms with Gasteiger partial charge >= 0.3 is 6.01 Å². The Morgan fingerprint density at radius 2 is 2.00 bits per heavy atom. The van der Waals surface area contributed by atoms with Gasteiger partial charge in [0.15, 0.2) is 11.6 Å². The van der Waals surface area contributed by atoms with Crippen LogP contribution in [0.3, 0.4) is 0 Å². The predicted octanol–water partition coefficient (Wildman–Crippen LogP) is 5.53. The van der Waals surface area contributed by atoms with E-state index in [0.717, 1.165) is 23.7 Å². The quantitative estimate of drug-likeness (QED) is 0.293. The van der Waals surface area contributed by atoms with Crippen LogP contribution in [0, 0.1) is 15.9 Å². The first-order valence-electron chi connectivity index (χ1n) is 7.69. The Kier molecular flexibility index (Phi) is 6.50. The van der Waals surface area contributed by atoms with Crippen LogP contribution < -0.4 is 9.46 Å². The van der Waals surface area contributed by atoms with Crippen molar-refractivity contribution in [2.24, 2.45) is 0 Å². The maximum absolute atomic E-state index is 14.0. The molecule has 0 radical (unpaired) electrons. The number of para-hydroxylation sites is 1. The first-order chi connectivity index (χ1) is 13.4. The Labute approximate surface area is 173 Å². The van der Waals surface area contributed by atoms with Crippen LogP contribution in [0.5, 0.6) is 6.01 Å². The van der Waals surface area contributed by atoms with Crippen molar-refractivity contribution in [1.82, 2.24) is 9.97 Å². The molecule has 144 valence electrons. The lowest BCUT2D eigenvalue weighted by atomic mass is 10.2. The maximum atomic E-state index is 14.0. The third kappa shape index (κ3) is 5.00. The Balaban J connectivity index is 1.69. The number of hydrogen-bond acceptors (Lipinski definition) is 7. The van der Waals surface area contributed by atoms with Gasteiger partial charge in [0.1, 0.15) is 11.5 Å². The second-order valence-electron chi connectivity index (χ2n) is 5.32. The van der Waals surface area contributed by atoms with Gasteiger partial charge in [0.2, 0.25) is 0 Å². The van der Waals surface area contributed by atoms with Crippen LogP contribution in [0.2, 0.25) is 10.0 Å². The van der Waals surface area contributed by atoms with Crippen molar-refractivity contribution in [3.8, 4) is 6.01 Å². The molecule has 0 spiro atoms. The van der Waals surface area contributed by atoms with E-state index in [9.17, 15) is 14.5 Å². The Morgan fingerprint density at radius 3 is 2.75 bits per heavy atom. The number of rotatable bonds is 7. The number of nitro groups is 1. The van der Waals surface area contributed by atoms with E-state index < -0.39 is 10.7 Å². The highest BCUT2D eigenvalue weighted by molar-refractivity contribution is 8.00. The van der Waals surface area contributed by atoms with E-state index in [0.29, 0.717) is 14.9 Å². The van der Waals surface area contributed by atoms with E-state index in [1.165, 1.54) is 12.1 Å². The van der Waals surface area contributed by atoms with Gasteiger partial charge in [-0.25, -0.2) is 9.37 Å². The van der Waals surface area contributed by atoms with Gasteiger partial charge in [0.05, 0.1) is 21.2 Å². The number of aromatic nitrogens is 2. The molecule has 0 aliphatic heterocycles. The molecule has 11 heteroatoms. The summed E-state index contributed by atoms with van der Waals surface area (Å²) in [6.45, 7) is 0.0965. The van der Waals surface area contributed by atoms with E-state index in [-0.39, 0.29) is 24.1 Å². The third-order valence-corrected chi connectivity index (χ3v) is 4.99. The monoisotopic (exact) mass is 440 g/mol. The standard InChI is InChI=1S/C17H11Cl2FN4O3S/c18-11-6-5-10(7-12(11)19)9-27-17-21-8-13(20)16(22-17)23-28-15-4-2-1-3-14(15)24(25)26/h1-8H,9H2,(H,21,22,23). The summed E-state index contributed by atoms with van der Waals surface area (Å²) in [5.74, 6) is -0.893. The van der Waals surface area contributed by atoms with Crippen LogP contribution in [0.4, 0.5) is 15.9 Å². The number of nitro benzene ring substituents is 1. The Hall–Kier alpha value is -2.62. The number of benzene rings is 2. The molecule has 0 amide bonds. The first-order valence-corrected chi connectivity index (χ1v) is 9.27. The molecule has 0 saturated carbocycles. The van der Waals surface area contributed by atoms with Crippen LogP contribution >= 0.6 is 35.1 Å². The average Bonchev–Trinajstić information content (AvgIpc) is 2.69. The average molecular weight is 441 g/mol. The molecule has 3 rings (SSSR count). The van der Waals surface area contributed by atoms with Gasteiger partial charge in [-0.05, 0) is 35.7 Å². The summed E-state index contributed by atoms with van der Waals surface area (Å²) in [6, 6.07) is 11.0. The molecular formula is C17H11Cl2FN4O3S. The summed E-state index contributed by atoms with van der Waals surface area (Å²) >= 11 is 12.7. The molecule has 1 N–H and O–H groups in total. The lowest BCUT2D eigenvalue weighted by Crippen LogP contribution is -2.03. The largest absolute Gasteiger partial charge is 0.459 e. The lowest BCUT2D eigenvalue weighted by Gasteiger charge is -2.09.